The van der Waals surface area contributed by atoms with E-state index in [1.54, 1.807) is 30.1 Å². The van der Waals surface area contributed by atoms with Gasteiger partial charge >= 0.3 is 0 Å². The maximum Gasteiger partial charge on any atom is 0.146 e. The van der Waals surface area contributed by atoms with Crippen molar-refractivity contribution >= 4 is 17.3 Å². The Morgan fingerprint density at radius 2 is 0.718 bits per heavy atom. The summed E-state index contributed by atoms with van der Waals surface area (Å²) in [4.78, 5) is 37.5. The molecular weight excluding hydrogens is 1640 g/mol. The topological polar surface area (TPSA) is 144 Å². The summed E-state index contributed by atoms with van der Waals surface area (Å²) < 4.78 is 27.6. The minimum Gasteiger partial charge on any atom is -0.371 e. The highest BCUT2D eigenvalue weighted by atomic mass is 35.5. The Kier molecular flexibility index (Phi) is 41.8. The molecule has 5 atom stereocenters. The highest BCUT2D eigenvalue weighted by molar-refractivity contribution is 6.30. The Morgan fingerprint density at radius 3 is 1.12 bits per heavy atom. The fourth-order valence-electron chi connectivity index (χ4n) is 19.6. The van der Waals surface area contributed by atoms with Gasteiger partial charge < -0.3 is 31.5 Å². The second-order valence-electron chi connectivity index (χ2n) is 38.3. The quantitative estimate of drug-likeness (QED) is 0.0235. The van der Waals surface area contributed by atoms with Crippen LogP contribution in [0.4, 0.5) is 14.5 Å². The van der Waals surface area contributed by atoms with Crippen LogP contribution in [0.2, 0.25) is 5.02 Å². The van der Waals surface area contributed by atoms with Gasteiger partial charge in [-0.3, -0.25) is 49.4 Å². The van der Waals surface area contributed by atoms with Crippen molar-refractivity contribution in [2.45, 2.75) is 293 Å². The highest BCUT2D eigenvalue weighted by Gasteiger charge is 2.29. The summed E-state index contributed by atoms with van der Waals surface area (Å²) in [6.07, 6.45) is 33.2. The van der Waals surface area contributed by atoms with E-state index in [2.05, 4.69) is 266 Å². The molecule has 1 saturated heterocycles. The first-order valence-corrected chi connectivity index (χ1v) is 50.2. The van der Waals surface area contributed by atoms with E-state index in [0.717, 1.165) is 184 Å². The summed E-state index contributed by atoms with van der Waals surface area (Å²) in [6, 6.07) is 55.7. The van der Waals surface area contributed by atoms with Crippen LogP contribution in [0.3, 0.4) is 0 Å². The number of pyridine rings is 5. The number of halogens is 3. The lowest BCUT2D eigenvalue weighted by Gasteiger charge is -2.35. The molecule has 0 amide bonds. The molecule has 0 radical (unpaired) electrons. The molecule has 5 aromatic carbocycles. The first kappa shape index (κ1) is 101. The standard InChI is InChI=1S/C24H34N4.C23H33N3.2C22H30FN3.C21H28ClN3/c1-18-12-19(2)23(26-14-18)17-27(3)16-21-13-22-20(15-25-21)8-7-9-24(22)28-10-5-4-6-11-28;1-4-5-8-11-26(17-23-19(3)12-18(2)14-25-23)16-22-13-20-9-6-7-10-21(20)15-24-22;1-3-4-7-10-26(16-22-17(2)11-20(23)14-25-22)15-21-12-18-8-5-6-9-19(18)13-24-21;1-3-4-7-10-26(16-22-21(23)11-17(2)13-25-22)15-20-12-18-8-5-6-9-19(18)14-24-20;1-2-3-6-11-25(16-21-13-19(22)9-10-23-21)15-20-12-17-7-4-5-8-18(17)14-24-20/h7-9,12,14,21,25H,4-6,10-11,13,15-17H2,1-3H3;6-7,9-10,12,14,22,24H,4-5,8,11,13,15-17H2,1-3H3;5-6,8-9,11,14,21,24H,3-4,7,10,12-13,15-16H2,1-2H3;5-6,8-9,11,13,20,24H,3-4,7,10,12,14-16H2,1-2H3;4-5,7-10,13,20,24H,2-3,6,11-12,14-16H2,1H3/t21-;22-;21-;2*20-/m11111/s1. The van der Waals surface area contributed by atoms with E-state index >= 15 is 0 Å². The van der Waals surface area contributed by atoms with Crippen molar-refractivity contribution in [1.82, 2.24) is 76.0 Å². The molecule has 0 spiro atoms. The molecule has 1 fully saturated rings. The minimum atomic E-state index is -0.255. The number of hydrogen-bond donors (Lipinski definition) is 5. The van der Waals surface area contributed by atoms with Crippen LogP contribution in [0, 0.1) is 53.2 Å². The average Bonchev–Trinajstić information content (AvgIpc) is 0.811. The zero-order valence-electron chi connectivity index (χ0n) is 81.3. The fraction of sp³-hybridized carbons (Fsp3) is 0.509. The molecule has 5 N–H and O–H groups in total. The SMILES string of the molecule is CCCCCN(Cc1cc(Cl)ccn1)C[C@H]1Cc2ccccc2CN1.CCCCCN(Cc1ncc(C)cc1C)C[C@H]1Cc2ccccc2CN1.CCCCCN(Cc1ncc(C)cc1F)C[C@H]1Cc2ccccc2CN1.CCCCCN(Cc1ncc(F)cc1C)C[C@H]1Cc2ccccc2CN1.Cc1cnc(CN(C)C[C@H]2Cc3c(cccc3N3CCCCC3)CN2)c(C)c1. The number of unbranched alkanes of at least 4 members (excludes halogenated alkanes) is 8. The number of aromatic nitrogens is 5. The molecule has 0 aliphatic carbocycles. The third-order valence-corrected chi connectivity index (χ3v) is 27.2. The maximum absolute atomic E-state index is 14.3. The number of likely N-dealkylation sites (N-methyl/N-ethyl adjacent to an activating group) is 1. The van der Waals surface area contributed by atoms with Gasteiger partial charge in [0, 0.05) is 177 Å². The van der Waals surface area contributed by atoms with Gasteiger partial charge in [0.05, 0.1) is 34.7 Å². The zero-order chi connectivity index (χ0) is 92.1. The molecule has 0 unspecified atom stereocenters. The molecule has 19 heteroatoms. The zero-order valence-corrected chi connectivity index (χ0v) is 82.0. The van der Waals surface area contributed by atoms with Crippen LogP contribution in [0.1, 0.15) is 241 Å². The van der Waals surface area contributed by atoms with E-state index in [0.29, 0.717) is 42.4 Å². The first-order chi connectivity index (χ1) is 63.8. The Hall–Kier alpha value is -8.60. The Balaban J connectivity index is 0.000000148. The van der Waals surface area contributed by atoms with Crippen LogP contribution in [0.15, 0.2) is 183 Å². The van der Waals surface area contributed by atoms with Crippen molar-refractivity contribution in [2.75, 3.05) is 83.9 Å². The highest BCUT2D eigenvalue weighted by Crippen LogP contribution is 2.32. The van der Waals surface area contributed by atoms with E-state index in [4.69, 9.17) is 16.6 Å². The molecule has 5 aromatic heterocycles. The smallest absolute Gasteiger partial charge is 0.146 e. The van der Waals surface area contributed by atoms with Crippen molar-refractivity contribution in [3.63, 3.8) is 0 Å². The van der Waals surface area contributed by atoms with Gasteiger partial charge in [0.2, 0.25) is 0 Å². The van der Waals surface area contributed by atoms with Gasteiger partial charge in [0.15, 0.2) is 0 Å². The minimum absolute atomic E-state index is 0.188. The van der Waals surface area contributed by atoms with Gasteiger partial charge in [-0.25, -0.2) is 8.78 Å². The van der Waals surface area contributed by atoms with Gasteiger partial charge in [-0.15, -0.1) is 0 Å². The number of anilines is 1. The summed E-state index contributed by atoms with van der Waals surface area (Å²) in [5.41, 5.74) is 28.1. The van der Waals surface area contributed by atoms with Crippen LogP contribution in [-0.2, 0) is 97.6 Å². The van der Waals surface area contributed by atoms with E-state index in [1.165, 1.54) is 199 Å². The molecular formula is C112H155ClF2N16. The molecule has 6 aliphatic heterocycles. The maximum atomic E-state index is 14.3. The van der Waals surface area contributed by atoms with Crippen molar-refractivity contribution in [3.8, 4) is 0 Å². The van der Waals surface area contributed by atoms with Gasteiger partial charge in [-0.05, 0) is 271 Å². The van der Waals surface area contributed by atoms with Crippen molar-refractivity contribution in [3.05, 3.63) is 317 Å². The van der Waals surface area contributed by atoms with Crippen LogP contribution < -0.4 is 31.5 Å². The van der Waals surface area contributed by atoms with E-state index < -0.39 is 0 Å². The lowest BCUT2D eigenvalue weighted by Crippen LogP contribution is -2.45. The number of aryl methyl sites for hydroxylation is 6. The number of nitrogens with one attached hydrogen (secondary N) is 5. The molecule has 704 valence electrons. The molecule has 11 heterocycles. The Morgan fingerprint density at radius 1 is 0.359 bits per heavy atom. The molecule has 16 nitrogen and oxygen atoms in total. The molecule has 16 rings (SSSR count). The van der Waals surface area contributed by atoms with E-state index in [-0.39, 0.29) is 11.6 Å². The van der Waals surface area contributed by atoms with Crippen LogP contribution in [-0.4, -0.2) is 159 Å². The Labute approximate surface area is 791 Å². The van der Waals surface area contributed by atoms with E-state index in [9.17, 15) is 8.78 Å². The van der Waals surface area contributed by atoms with Crippen molar-refractivity contribution in [1.29, 1.82) is 0 Å². The first-order valence-electron chi connectivity index (χ1n) is 49.8. The second kappa shape index (κ2) is 54.1. The molecule has 0 saturated carbocycles. The van der Waals surface area contributed by atoms with Crippen LogP contribution in [0.25, 0.3) is 0 Å². The summed E-state index contributed by atoms with van der Waals surface area (Å²) in [7, 11) is 2.22. The number of hydrogen-bond acceptors (Lipinski definition) is 16. The van der Waals surface area contributed by atoms with E-state index in [1.807, 2.05) is 38.4 Å². The summed E-state index contributed by atoms with van der Waals surface area (Å²) in [5, 5.41) is 19.3. The number of piperidine rings is 1. The Bertz CT molecular complexity index is 4780. The molecule has 131 heavy (non-hydrogen) atoms. The molecule has 10 aromatic rings. The molecule has 6 aliphatic rings. The second-order valence-corrected chi connectivity index (χ2v) is 38.7. The summed E-state index contributed by atoms with van der Waals surface area (Å²) in [6.45, 7) is 42.1. The lowest BCUT2D eigenvalue weighted by atomic mass is 9.92. The summed E-state index contributed by atoms with van der Waals surface area (Å²) in [5.74, 6) is -0.443. The van der Waals surface area contributed by atoms with Crippen LogP contribution >= 0.6 is 11.6 Å². The predicted molar refractivity (Wildman–Crippen MR) is 540 cm³/mol. The average molecular weight is 1800 g/mol. The van der Waals surface area contributed by atoms with Crippen molar-refractivity contribution < 1.29 is 8.78 Å². The third-order valence-electron chi connectivity index (χ3n) is 27.0. The molecule has 0 bridgehead atoms. The largest absolute Gasteiger partial charge is 0.371 e. The third kappa shape index (κ3) is 33.2. The van der Waals surface area contributed by atoms with Gasteiger partial charge in [0.1, 0.15) is 11.6 Å². The lowest BCUT2D eigenvalue weighted by molar-refractivity contribution is 0.219. The fourth-order valence-corrected chi connectivity index (χ4v) is 19.8. The monoisotopic (exact) mass is 1800 g/mol. The summed E-state index contributed by atoms with van der Waals surface area (Å²) >= 11 is 6.13. The van der Waals surface area contributed by atoms with Crippen LogP contribution in [0.5, 0.6) is 0 Å². The number of benzene rings is 5. The van der Waals surface area contributed by atoms with Gasteiger partial charge in [-0.2, -0.15) is 0 Å². The normalized spacial score (nSPS) is 17.4. The number of rotatable bonds is 37. The van der Waals surface area contributed by atoms with Crippen molar-refractivity contribution in [2.24, 2.45) is 0 Å². The predicted octanol–water partition coefficient (Wildman–Crippen LogP) is 21.2. The number of nitrogens with zero attached hydrogens (tertiary/aromatic N) is 11. The number of fused-ring (bicyclic) bond motifs is 5. The van der Waals surface area contributed by atoms with Gasteiger partial charge in [-0.1, -0.05) is 212 Å². The van der Waals surface area contributed by atoms with Gasteiger partial charge in [0.25, 0.3) is 0 Å².